The standard InChI is InChI=1S/C12H12Cl2N2S/c13-10-2-1-9(7-11(10)14)8-15-4-3-12-16-5-6-17-12/h1-2,5-7,15H,3-4,8H2. The van der Waals surface area contributed by atoms with Crippen molar-refractivity contribution >= 4 is 34.5 Å². The van der Waals surface area contributed by atoms with Gasteiger partial charge < -0.3 is 5.32 Å². The zero-order valence-electron chi connectivity index (χ0n) is 9.12. The lowest BCUT2D eigenvalue weighted by atomic mass is 10.2. The lowest BCUT2D eigenvalue weighted by Crippen LogP contribution is -2.16. The predicted octanol–water partition coefficient (Wildman–Crippen LogP) is 3.78. The fourth-order valence-corrected chi connectivity index (χ4v) is 2.40. The average molecular weight is 287 g/mol. The van der Waals surface area contributed by atoms with Gasteiger partial charge in [-0.1, -0.05) is 29.3 Å². The van der Waals surface area contributed by atoms with Crippen LogP contribution in [-0.2, 0) is 13.0 Å². The number of benzene rings is 1. The van der Waals surface area contributed by atoms with Gasteiger partial charge in [0.1, 0.15) is 0 Å². The van der Waals surface area contributed by atoms with Gasteiger partial charge in [0.25, 0.3) is 0 Å². The molecule has 2 nitrogen and oxygen atoms in total. The Morgan fingerprint density at radius 2 is 2.12 bits per heavy atom. The van der Waals surface area contributed by atoms with E-state index in [-0.39, 0.29) is 0 Å². The Morgan fingerprint density at radius 1 is 1.24 bits per heavy atom. The Labute approximate surface area is 115 Å². The second-order valence-electron chi connectivity index (χ2n) is 3.60. The monoisotopic (exact) mass is 286 g/mol. The van der Waals surface area contributed by atoms with Crippen LogP contribution in [0.4, 0.5) is 0 Å². The predicted molar refractivity (Wildman–Crippen MR) is 74.0 cm³/mol. The van der Waals surface area contributed by atoms with Crippen LogP contribution in [0.5, 0.6) is 0 Å². The fraction of sp³-hybridized carbons (Fsp3) is 0.250. The molecule has 2 aromatic rings. The topological polar surface area (TPSA) is 24.9 Å². The SMILES string of the molecule is Clc1ccc(CNCCc2nccs2)cc1Cl. The van der Waals surface area contributed by atoms with Crippen LogP contribution in [-0.4, -0.2) is 11.5 Å². The number of halogens is 2. The van der Waals surface area contributed by atoms with E-state index in [2.05, 4.69) is 10.3 Å². The van der Waals surface area contributed by atoms with Gasteiger partial charge in [-0.2, -0.15) is 0 Å². The third kappa shape index (κ3) is 3.96. The van der Waals surface area contributed by atoms with Crippen LogP contribution in [0.25, 0.3) is 0 Å². The average Bonchev–Trinajstić information content (AvgIpc) is 2.82. The van der Waals surface area contributed by atoms with E-state index in [1.807, 2.05) is 29.8 Å². The quantitative estimate of drug-likeness (QED) is 0.846. The summed E-state index contributed by atoms with van der Waals surface area (Å²) in [6.45, 7) is 1.70. The molecule has 17 heavy (non-hydrogen) atoms. The molecule has 0 saturated carbocycles. The van der Waals surface area contributed by atoms with E-state index in [4.69, 9.17) is 23.2 Å². The van der Waals surface area contributed by atoms with Crippen molar-refractivity contribution in [1.29, 1.82) is 0 Å². The van der Waals surface area contributed by atoms with Crippen LogP contribution in [0.1, 0.15) is 10.6 Å². The van der Waals surface area contributed by atoms with Gasteiger partial charge in [0.15, 0.2) is 0 Å². The maximum Gasteiger partial charge on any atom is 0.0937 e. The van der Waals surface area contributed by atoms with Crippen molar-refractivity contribution in [2.75, 3.05) is 6.54 Å². The van der Waals surface area contributed by atoms with Crippen LogP contribution in [0.15, 0.2) is 29.8 Å². The van der Waals surface area contributed by atoms with Gasteiger partial charge in [-0.05, 0) is 17.7 Å². The molecule has 1 heterocycles. The molecule has 1 aromatic heterocycles. The summed E-state index contributed by atoms with van der Waals surface area (Å²) in [7, 11) is 0. The summed E-state index contributed by atoms with van der Waals surface area (Å²) in [6.07, 6.45) is 2.79. The molecule has 0 amide bonds. The molecule has 0 fully saturated rings. The molecular weight excluding hydrogens is 275 g/mol. The molecule has 0 unspecified atom stereocenters. The van der Waals surface area contributed by atoms with E-state index < -0.39 is 0 Å². The van der Waals surface area contributed by atoms with Crippen molar-refractivity contribution in [2.45, 2.75) is 13.0 Å². The summed E-state index contributed by atoms with van der Waals surface area (Å²) in [5, 5.41) is 7.70. The van der Waals surface area contributed by atoms with Gasteiger partial charge >= 0.3 is 0 Å². The van der Waals surface area contributed by atoms with Gasteiger partial charge in [0.2, 0.25) is 0 Å². The summed E-state index contributed by atoms with van der Waals surface area (Å²) in [5.41, 5.74) is 1.14. The van der Waals surface area contributed by atoms with Crippen molar-refractivity contribution in [3.8, 4) is 0 Å². The number of rotatable bonds is 5. The maximum absolute atomic E-state index is 5.94. The van der Waals surface area contributed by atoms with Gasteiger partial charge in [-0.25, -0.2) is 4.98 Å². The molecule has 0 spiro atoms. The Balaban J connectivity index is 1.76. The molecule has 1 aromatic carbocycles. The van der Waals surface area contributed by atoms with Crippen LogP contribution < -0.4 is 5.32 Å². The number of hydrogen-bond donors (Lipinski definition) is 1. The molecule has 90 valence electrons. The van der Waals surface area contributed by atoms with Gasteiger partial charge in [0.05, 0.1) is 15.1 Å². The van der Waals surface area contributed by atoms with E-state index in [9.17, 15) is 0 Å². The minimum absolute atomic E-state index is 0.596. The molecular formula is C12H12Cl2N2S. The Hall–Kier alpha value is -0.610. The summed E-state index contributed by atoms with van der Waals surface area (Å²) in [5.74, 6) is 0. The first kappa shape index (κ1) is 12.8. The normalized spacial score (nSPS) is 10.7. The van der Waals surface area contributed by atoms with Gasteiger partial charge in [0, 0.05) is 31.1 Å². The number of nitrogens with zero attached hydrogens (tertiary/aromatic N) is 1. The Bertz CT molecular complexity index is 471. The van der Waals surface area contributed by atoms with Crippen LogP contribution in [0.3, 0.4) is 0 Å². The molecule has 1 N–H and O–H groups in total. The molecule has 0 aliphatic heterocycles. The summed E-state index contributed by atoms with van der Waals surface area (Å²) in [6, 6.07) is 5.69. The molecule has 0 atom stereocenters. The minimum Gasteiger partial charge on any atom is -0.312 e. The van der Waals surface area contributed by atoms with Crippen molar-refractivity contribution in [1.82, 2.24) is 10.3 Å². The lowest BCUT2D eigenvalue weighted by molar-refractivity contribution is 0.685. The highest BCUT2D eigenvalue weighted by molar-refractivity contribution is 7.09. The van der Waals surface area contributed by atoms with Gasteiger partial charge in [-0.15, -0.1) is 11.3 Å². The number of hydrogen-bond acceptors (Lipinski definition) is 3. The van der Waals surface area contributed by atoms with E-state index in [0.717, 1.165) is 30.1 Å². The van der Waals surface area contributed by atoms with E-state index in [0.29, 0.717) is 10.0 Å². The van der Waals surface area contributed by atoms with Crippen LogP contribution >= 0.6 is 34.5 Å². The number of thiazole rings is 1. The van der Waals surface area contributed by atoms with Crippen molar-refractivity contribution in [3.63, 3.8) is 0 Å². The second-order valence-corrected chi connectivity index (χ2v) is 5.39. The summed E-state index contributed by atoms with van der Waals surface area (Å²) >= 11 is 13.5. The Morgan fingerprint density at radius 3 is 2.82 bits per heavy atom. The second kappa shape index (κ2) is 6.36. The van der Waals surface area contributed by atoms with Crippen LogP contribution in [0.2, 0.25) is 10.0 Å². The van der Waals surface area contributed by atoms with Crippen LogP contribution in [0, 0.1) is 0 Å². The third-order valence-electron chi connectivity index (χ3n) is 2.31. The minimum atomic E-state index is 0.596. The molecule has 5 heteroatoms. The third-order valence-corrected chi connectivity index (χ3v) is 3.89. The molecule has 0 radical (unpaired) electrons. The molecule has 0 saturated heterocycles. The summed E-state index contributed by atoms with van der Waals surface area (Å²) < 4.78 is 0. The molecule has 2 rings (SSSR count). The smallest absolute Gasteiger partial charge is 0.0937 e. The first-order valence-electron chi connectivity index (χ1n) is 5.29. The fourth-order valence-electron chi connectivity index (χ4n) is 1.45. The van der Waals surface area contributed by atoms with Crippen molar-refractivity contribution < 1.29 is 0 Å². The number of aromatic nitrogens is 1. The Kier molecular flexibility index (Phi) is 4.80. The van der Waals surface area contributed by atoms with E-state index >= 15 is 0 Å². The highest BCUT2D eigenvalue weighted by atomic mass is 35.5. The molecule has 0 bridgehead atoms. The first-order valence-corrected chi connectivity index (χ1v) is 6.92. The van der Waals surface area contributed by atoms with E-state index in [1.165, 1.54) is 0 Å². The summed E-state index contributed by atoms with van der Waals surface area (Å²) in [4.78, 5) is 4.23. The number of nitrogens with one attached hydrogen (secondary N) is 1. The van der Waals surface area contributed by atoms with Crippen molar-refractivity contribution in [2.24, 2.45) is 0 Å². The zero-order chi connectivity index (χ0) is 12.1. The molecule has 0 aliphatic carbocycles. The zero-order valence-corrected chi connectivity index (χ0v) is 11.4. The van der Waals surface area contributed by atoms with Crippen molar-refractivity contribution in [3.05, 3.63) is 50.4 Å². The largest absolute Gasteiger partial charge is 0.312 e. The first-order chi connectivity index (χ1) is 8.25. The molecule has 0 aliphatic rings. The highest BCUT2D eigenvalue weighted by Crippen LogP contribution is 2.22. The highest BCUT2D eigenvalue weighted by Gasteiger charge is 1.99. The van der Waals surface area contributed by atoms with Gasteiger partial charge in [-0.3, -0.25) is 0 Å². The lowest BCUT2D eigenvalue weighted by Gasteiger charge is -2.05. The van der Waals surface area contributed by atoms with E-state index in [1.54, 1.807) is 11.3 Å². The maximum atomic E-state index is 5.94.